The van der Waals surface area contributed by atoms with Gasteiger partial charge >= 0.3 is 24.7 Å². The van der Waals surface area contributed by atoms with Crippen LogP contribution in [-0.2, 0) is 76.1 Å². The minimum absolute atomic E-state index is 0.0189. The fourth-order valence-corrected chi connectivity index (χ4v) is 26.4. The largest absolute Gasteiger partial charge is 0.422 e. The molecule has 0 saturated heterocycles. The van der Waals surface area contributed by atoms with Gasteiger partial charge in [0.05, 0.1) is 68.7 Å². The van der Waals surface area contributed by atoms with Crippen molar-refractivity contribution in [3.8, 4) is 130 Å². The molecule has 8 aromatic carbocycles. The van der Waals surface area contributed by atoms with E-state index in [2.05, 4.69) is 89.1 Å². The van der Waals surface area contributed by atoms with E-state index in [1.807, 2.05) is 24.3 Å². The number of nitrogens with zero attached hydrogens (tertiary/aromatic N) is 8. The van der Waals surface area contributed by atoms with Gasteiger partial charge in [-0.3, -0.25) is 0 Å². The smallest absolute Gasteiger partial charge is 0.394 e. The first-order valence-corrected chi connectivity index (χ1v) is 50.9. The number of halogens is 12. The van der Waals surface area contributed by atoms with Gasteiger partial charge < -0.3 is 61.5 Å². The minimum atomic E-state index is -4.65. The molecule has 0 bridgehead atoms. The summed E-state index contributed by atoms with van der Waals surface area (Å²) in [5.74, 6) is -0.170. The van der Waals surface area contributed by atoms with Gasteiger partial charge in [0.2, 0.25) is 23.0 Å². The van der Waals surface area contributed by atoms with E-state index >= 15 is 0 Å². The molecule has 4 saturated carbocycles. The number of aromatic nitrogens is 8. The normalized spacial score (nSPS) is 21.4. The zero-order chi connectivity index (χ0) is 100. The lowest BCUT2D eigenvalue weighted by atomic mass is 9.87. The molecule has 8 atom stereocenters. The average Bonchev–Trinajstić information content (AvgIpc) is 1.61. The maximum atomic E-state index is 14.2. The summed E-state index contributed by atoms with van der Waals surface area (Å²) in [7, 11) is 0. The second-order valence-corrected chi connectivity index (χ2v) is 43.1. The Bertz CT molecular complexity index is 6590. The van der Waals surface area contributed by atoms with Crippen molar-refractivity contribution in [1.29, 1.82) is 0 Å². The van der Waals surface area contributed by atoms with E-state index in [9.17, 15) is 73.1 Å². The number of nitrogens with two attached hydrogens (primary N) is 4. The highest BCUT2D eigenvalue weighted by Crippen LogP contribution is 2.57. The van der Waals surface area contributed by atoms with Crippen LogP contribution in [0.15, 0.2) is 212 Å². The molecule has 8 aromatic heterocycles. The summed E-state index contributed by atoms with van der Waals surface area (Å²) in [6.45, 7) is -0.0755. The Hall–Kier alpha value is -12.0. The van der Waals surface area contributed by atoms with Crippen molar-refractivity contribution in [2.24, 2.45) is 22.9 Å². The molecule has 4 fully saturated rings. The number of benzene rings is 8. The number of hydrogen-bond acceptors (Lipinski definition) is 24. The summed E-state index contributed by atoms with van der Waals surface area (Å²) in [5.41, 5.74) is 36.4. The second-order valence-electron chi connectivity index (χ2n) is 39.1. The first-order valence-electron chi connectivity index (χ1n) is 47.6. The van der Waals surface area contributed by atoms with E-state index in [0.29, 0.717) is 71.6 Å². The van der Waals surface area contributed by atoms with Crippen LogP contribution in [0.4, 0.5) is 52.7 Å². The molecule has 8 aliphatic rings. The highest BCUT2D eigenvalue weighted by Gasteiger charge is 2.49. The van der Waals surface area contributed by atoms with Gasteiger partial charge in [-0.2, -0.15) is 52.7 Å². The Morgan fingerprint density at radius 3 is 0.667 bits per heavy atom. The van der Waals surface area contributed by atoms with Gasteiger partial charge in [0.25, 0.3) is 0 Å². The van der Waals surface area contributed by atoms with Gasteiger partial charge in [0.15, 0.2) is 20.0 Å². The van der Waals surface area contributed by atoms with Crippen LogP contribution in [0, 0.1) is 0 Å². The third-order valence-corrected chi connectivity index (χ3v) is 33.9. The van der Waals surface area contributed by atoms with Crippen LogP contribution in [0.1, 0.15) is 190 Å². The predicted molar refractivity (Wildman–Crippen MR) is 526 cm³/mol. The van der Waals surface area contributed by atoms with Gasteiger partial charge in [-0.05, 0) is 219 Å². The lowest BCUT2D eigenvalue weighted by Crippen LogP contribution is -2.40. The highest BCUT2D eigenvalue weighted by molar-refractivity contribution is 7.19. The Morgan fingerprint density at radius 2 is 0.486 bits per heavy atom. The number of aryl methyl sites for hydroxylation is 8. The Kier molecular flexibility index (Phi) is 26.1. The summed E-state index contributed by atoms with van der Waals surface area (Å²) in [5, 5.41) is 54.4. The molecule has 20 nitrogen and oxygen atoms in total. The quantitative estimate of drug-likeness (QED) is 0.0417. The fraction of sp³-hybridized carbons (Fsp3) is 0.333. The van der Waals surface area contributed by atoms with Crippen LogP contribution in [0.5, 0.6) is 0 Å². The number of aliphatic hydroxyl groups is 4. The van der Waals surface area contributed by atoms with Crippen molar-refractivity contribution >= 4 is 45.3 Å². The molecule has 0 amide bonds. The molecule has 744 valence electrons. The summed E-state index contributed by atoms with van der Waals surface area (Å²) in [6, 6.07) is 58.1. The number of aliphatic hydroxyl groups excluding tert-OH is 4. The van der Waals surface area contributed by atoms with Gasteiger partial charge in [-0.1, -0.05) is 215 Å². The first kappa shape index (κ1) is 98.0. The summed E-state index contributed by atoms with van der Waals surface area (Å²) in [6.07, 6.45) is -3.10. The molecule has 12 N–H and O–H groups in total. The van der Waals surface area contributed by atoms with Gasteiger partial charge in [0.1, 0.15) is 45.0 Å². The Morgan fingerprint density at radius 1 is 0.285 bits per heavy atom. The second kappa shape index (κ2) is 38.4. The molecule has 24 rings (SSSR count). The number of alkyl halides is 12. The fourth-order valence-electron chi connectivity index (χ4n) is 21.8. The summed E-state index contributed by atoms with van der Waals surface area (Å²) >= 11 is 4.85. The third kappa shape index (κ3) is 19.1. The van der Waals surface area contributed by atoms with E-state index in [4.69, 9.17) is 41.0 Å². The van der Waals surface area contributed by atoms with Crippen LogP contribution in [0.3, 0.4) is 0 Å². The molecule has 0 radical (unpaired) electrons. The zero-order valence-corrected chi connectivity index (χ0v) is 80.5. The molecule has 8 aliphatic carbocycles. The number of fused-ring (bicyclic) bond motifs is 12. The van der Waals surface area contributed by atoms with Crippen molar-refractivity contribution in [2.75, 3.05) is 26.4 Å². The molecule has 144 heavy (non-hydrogen) atoms. The molecule has 0 spiro atoms. The van der Waals surface area contributed by atoms with E-state index in [-0.39, 0.29) is 92.3 Å². The van der Waals surface area contributed by atoms with Crippen molar-refractivity contribution in [1.82, 2.24) is 40.6 Å². The molecule has 16 aromatic rings. The van der Waals surface area contributed by atoms with Crippen LogP contribution in [0.2, 0.25) is 0 Å². The van der Waals surface area contributed by atoms with Crippen LogP contribution in [-0.4, -0.2) is 110 Å². The van der Waals surface area contributed by atoms with E-state index in [1.54, 1.807) is 121 Å². The SMILES string of the molecule is N[C@@]1(CO)CC[C@@H](c2ccc3c(c2)CCc2nc(-c4onc(-c5ccccc5)c4C(F)(F)F)sc2-3)C1.N[C@@]1(CO)CC[C@H](c2ccc3c(c2)CCc2nc(-c4onc(-c5ccccc5)c4C(F)(F)F)sc2-3)C1.N[C@]1(CO)CCC(c2ccc3c(c2)CCc2nc(-c4onc(-c5ccccc5)c4C(F)(F)F)sc2-3)C1.N[C@]1(CO)CCC(c2ccc3c(c2)CCc2nc(-c4onc(-c5ccccc5)c4C(F)(F)F)sc2-3)C1. The maximum absolute atomic E-state index is 14.2. The highest BCUT2D eigenvalue weighted by atomic mass is 32.1. The van der Waals surface area contributed by atoms with Crippen LogP contribution in [0.25, 0.3) is 130 Å². The van der Waals surface area contributed by atoms with Crippen LogP contribution < -0.4 is 22.9 Å². The third-order valence-electron chi connectivity index (χ3n) is 29.4. The van der Waals surface area contributed by atoms with E-state index < -0.39 is 69.1 Å². The summed E-state index contributed by atoms with van der Waals surface area (Å²) in [4.78, 5) is 21.8. The number of rotatable bonds is 16. The van der Waals surface area contributed by atoms with Crippen molar-refractivity contribution in [2.45, 2.75) is 199 Å². The molecular weight excluding hydrogens is 1950 g/mol. The molecule has 36 heteroatoms. The zero-order valence-electron chi connectivity index (χ0n) is 77.2. The molecule has 0 aliphatic heterocycles. The molecule has 2 unspecified atom stereocenters. The van der Waals surface area contributed by atoms with Crippen molar-refractivity contribution in [3.05, 3.63) is 284 Å². The Balaban J connectivity index is 0.000000113. The van der Waals surface area contributed by atoms with Gasteiger partial charge in [0, 0.05) is 44.4 Å². The lowest BCUT2D eigenvalue weighted by molar-refractivity contribution is -0.137. The predicted octanol–water partition coefficient (Wildman–Crippen LogP) is 24.8. The number of hydrogen-bond donors (Lipinski definition) is 8. The monoisotopic (exact) mass is 2040 g/mol. The lowest BCUT2D eigenvalue weighted by Gasteiger charge is -2.22. The van der Waals surface area contributed by atoms with Gasteiger partial charge in [-0.15, -0.1) is 45.3 Å². The first-order chi connectivity index (χ1) is 69.0. The molecule has 8 heterocycles. The van der Waals surface area contributed by atoms with Crippen LogP contribution >= 0.6 is 45.3 Å². The van der Waals surface area contributed by atoms with Crippen molar-refractivity contribution < 1.29 is 91.2 Å². The molecular formula is C108H96F12N12O8S4. The minimum Gasteiger partial charge on any atom is -0.394 e. The van der Waals surface area contributed by atoms with Gasteiger partial charge in [-0.25, -0.2) is 19.9 Å². The Labute approximate surface area is 833 Å². The van der Waals surface area contributed by atoms with Crippen molar-refractivity contribution in [3.63, 3.8) is 0 Å². The standard InChI is InChI=1S/4C27H24F3N3O2S/c4*28-27(29,30)21-22(15-4-2-1-3-5-15)33-35-23(21)25-32-20-9-7-17-12-16(6-8-19(17)24(20)36-25)18-10-11-26(31,13-18)14-34/h4*1-6,8,12,18,34H,7,9-11,13-14,31H2/t2*18?,26-;18-,26+;18-,26-/m1110/s1. The average molecular weight is 2050 g/mol. The number of thiazole rings is 4. The van der Waals surface area contributed by atoms with E-state index in [0.717, 1.165) is 190 Å². The summed E-state index contributed by atoms with van der Waals surface area (Å²) < 4.78 is 191. The van der Waals surface area contributed by atoms with E-state index in [1.165, 1.54) is 67.6 Å². The topological polar surface area (TPSA) is 341 Å². The maximum Gasteiger partial charge on any atom is 0.422 e.